The van der Waals surface area contributed by atoms with E-state index < -0.39 is 20.0 Å². The summed E-state index contributed by atoms with van der Waals surface area (Å²) in [5, 5.41) is 2.81. The molecule has 0 atom stereocenters. The van der Waals surface area contributed by atoms with Crippen molar-refractivity contribution in [3.05, 3.63) is 87.3 Å². The van der Waals surface area contributed by atoms with Crippen LogP contribution in [0.5, 0.6) is 0 Å². The quantitative estimate of drug-likeness (QED) is 0.343. The second kappa shape index (κ2) is 11.6. The summed E-state index contributed by atoms with van der Waals surface area (Å²) in [6, 6.07) is 19.9. The number of hydrogen-bond acceptors (Lipinski definition) is 5. The van der Waals surface area contributed by atoms with Crippen LogP contribution < -0.4 is 10.0 Å². The molecular weight excluding hydrogens is 646 g/mol. The van der Waals surface area contributed by atoms with E-state index in [1.165, 1.54) is 28.6 Å². The van der Waals surface area contributed by atoms with Gasteiger partial charge in [-0.25, -0.2) is 21.1 Å². The second-order valence-corrected chi connectivity index (χ2v) is 14.2. The van der Waals surface area contributed by atoms with E-state index in [-0.39, 0.29) is 35.6 Å². The molecule has 0 aliphatic carbocycles. The third-order valence-corrected chi connectivity index (χ3v) is 10.3. The fourth-order valence-corrected chi connectivity index (χ4v) is 7.34. The predicted molar refractivity (Wildman–Crippen MR) is 151 cm³/mol. The molecule has 12 heteroatoms. The van der Waals surface area contributed by atoms with Crippen LogP contribution in [0.2, 0.25) is 0 Å². The summed E-state index contributed by atoms with van der Waals surface area (Å²) in [4.78, 5) is 12.9. The highest BCUT2D eigenvalue weighted by molar-refractivity contribution is 9.10. The van der Waals surface area contributed by atoms with E-state index in [1.807, 2.05) is 6.07 Å². The van der Waals surface area contributed by atoms with E-state index >= 15 is 0 Å². The van der Waals surface area contributed by atoms with Crippen molar-refractivity contribution in [3.8, 4) is 0 Å². The summed E-state index contributed by atoms with van der Waals surface area (Å²) in [6.45, 7) is 0.542. The van der Waals surface area contributed by atoms with Crippen molar-refractivity contribution in [3.63, 3.8) is 0 Å². The van der Waals surface area contributed by atoms with Crippen molar-refractivity contribution in [2.24, 2.45) is 5.92 Å². The monoisotopic (exact) mass is 669 g/mol. The van der Waals surface area contributed by atoms with Gasteiger partial charge in [-0.1, -0.05) is 44.0 Å². The molecule has 1 fully saturated rings. The van der Waals surface area contributed by atoms with Crippen molar-refractivity contribution in [1.29, 1.82) is 0 Å². The maximum Gasteiger partial charge on any atom is 0.261 e. The molecule has 37 heavy (non-hydrogen) atoms. The molecule has 0 spiro atoms. The number of nitrogens with zero attached hydrogens (tertiary/aromatic N) is 1. The van der Waals surface area contributed by atoms with Crippen LogP contribution in [0.4, 0.5) is 11.4 Å². The van der Waals surface area contributed by atoms with Crippen molar-refractivity contribution >= 4 is 69.2 Å². The van der Waals surface area contributed by atoms with Gasteiger partial charge in [0.05, 0.1) is 10.6 Å². The molecule has 0 saturated carbocycles. The Balaban J connectivity index is 1.31. The fourth-order valence-electron chi connectivity index (χ4n) is 4.02. The Kier molecular flexibility index (Phi) is 8.74. The zero-order valence-corrected chi connectivity index (χ0v) is 24.4. The summed E-state index contributed by atoms with van der Waals surface area (Å²) < 4.78 is 56.6. The first-order valence-corrected chi connectivity index (χ1v) is 16.1. The van der Waals surface area contributed by atoms with E-state index in [2.05, 4.69) is 41.9 Å². The standard InChI is InChI=1S/C25H25Br2N3O5S2/c26-20-4-6-23(7-5-20)29-37(34,35)24-10-8-22(9-11-24)28-25(31)19-12-14-30(15-13-19)36(32,33)17-18-2-1-3-21(27)16-18/h1-11,16,19,29H,12-15,17H2,(H,28,31). The molecule has 0 radical (unpaired) electrons. The van der Waals surface area contributed by atoms with Crippen LogP contribution in [0.1, 0.15) is 18.4 Å². The van der Waals surface area contributed by atoms with Gasteiger partial charge in [-0.15, -0.1) is 0 Å². The average molecular weight is 671 g/mol. The van der Waals surface area contributed by atoms with Gasteiger partial charge in [-0.3, -0.25) is 9.52 Å². The van der Waals surface area contributed by atoms with Crippen LogP contribution in [0, 0.1) is 5.92 Å². The van der Waals surface area contributed by atoms with Gasteiger partial charge in [-0.2, -0.15) is 0 Å². The Hall–Kier alpha value is -2.25. The number of piperidine rings is 1. The van der Waals surface area contributed by atoms with E-state index in [9.17, 15) is 21.6 Å². The molecule has 0 aromatic heterocycles. The average Bonchev–Trinajstić information content (AvgIpc) is 2.85. The van der Waals surface area contributed by atoms with Crippen LogP contribution in [-0.2, 0) is 30.6 Å². The summed E-state index contributed by atoms with van der Waals surface area (Å²) in [7, 11) is -7.27. The zero-order chi connectivity index (χ0) is 26.6. The fraction of sp³-hybridized carbons (Fsp3) is 0.240. The van der Waals surface area contributed by atoms with Gasteiger partial charge < -0.3 is 5.32 Å². The molecule has 0 bridgehead atoms. The van der Waals surface area contributed by atoms with Gasteiger partial charge in [0.1, 0.15) is 0 Å². The van der Waals surface area contributed by atoms with Gasteiger partial charge in [-0.05, 0) is 79.1 Å². The van der Waals surface area contributed by atoms with Crippen LogP contribution in [0.3, 0.4) is 0 Å². The van der Waals surface area contributed by atoms with Crippen molar-refractivity contribution in [2.45, 2.75) is 23.5 Å². The molecule has 1 saturated heterocycles. The highest BCUT2D eigenvalue weighted by Crippen LogP contribution is 2.25. The molecule has 8 nitrogen and oxygen atoms in total. The molecule has 1 aliphatic heterocycles. The molecule has 1 heterocycles. The number of hydrogen-bond donors (Lipinski definition) is 2. The number of amides is 1. The molecule has 1 aliphatic rings. The van der Waals surface area contributed by atoms with Gasteiger partial charge in [0, 0.05) is 39.3 Å². The number of halogens is 2. The van der Waals surface area contributed by atoms with Gasteiger partial charge >= 0.3 is 0 Å². The van der Waals surface area contributed by atoms with E-state index in [1.54, 1.807) is 42.5 Å². The Morgan fingerprint density at radius 2 is 1.46 bits per heavy atom. The van der Waals surface area contributed by atoms with E-state index in [0.29, 0.717) is 29.8 Å². The molecule has 196 valence electrons. The van der Waals surface area contributed by atoms with Crippen LogP contribution in [0.25, 0.3) is 0 Å². The van der Waals surface area contributed by atoms with Crippen LogP contribution in [-0.4, -0.2) is 40.1 Å². The van der Waals surface area contributed by atoms with E-state index in [0.717, 1.165) is 8.95 Å². The maximum absolute atomic E-state index is 12.8. The smallest absolute Gasteiger partial charge is 0.261 e. The number of benzene rings is 3. The molecule has 4 rings (SSSR count). The molecule has 2 N–H and O–H groups in total. The van der Waals surface area contributed by atoms with Gasteiger partial charge in [0.25, 0.3) is 10.0 Å². The number of rotatable bonds is 8. The Morgan fingerprint density at radius 1 is 0.838 bits per heavy atom. The Morgan fingerprint density at radius 3 is 2.08 bits per heavy atom. The minimum Gasteiger partial charge on any atom is -0.326 e. The minimum atomic E-state index is -3.78. The largest absolute Gasteiger partial charge is 0.326 e. The lowest BCUT2D eigenvalue weighted by Gasteiger charge is -2.30. The van der Waals surface area contributed by atoms with Gasteiger partial charge in [0.2, 0.25) is 15.9 Å². The molecule has 1 amide bonds. The topological polar surface area (TPSA) is 113 Å². The number of anilines is 2. The van der Waals surface area contributed by atoms with Crippen molar-refractivity contribution < 1.29 is 21.6 Å². The predicted octanol–water partition coefficient (Wildman–Crippen LogP) is 5.19. The number of sulfonamides is 2. The van der Waals surface area contributed by atoms with Crippen LogP contribution in [0.15, 0.2) is 86.6 Å². The molecule has 0 unspecified atom stereocenters. The summed E-state index contributed by atoms with van der Waals surface area (Å²) in [6.07, 6.45) is 0.820. The Labute approximate surface area is 233 Å². The lowest BCUT2D eigenvalue weighted by molar-refractivity contribution is -0.120. The summed E-state index contributed by atoms with van der Waals surface area (Å²) >= 11 is 6.67. The summed E-state index contributed by atoms with van der Waals surface area (Å²) in [5.41, 5.74) is 1.61. The molecule has 3 aromatic carbocycles. The number of carbonyl (C=O) groups is 1. The first kappa shape index (κ1) is 27.8. The Bertz CT molecular complexity index is 1470. The number of nitrogens with one attached hydrogen (secondary N) is 2. The molecular formula is C25H25Br2N3O5S2. The lowest BCUT2D eigenvalue weighted by atomic mass is 9.97. The first-order chi connectivity index (χ1) is 17.5. The third-order valence-electron chi connectivity index (χ3n) is 5.98. The third kappa shape index (κ3) is 7.41. The van der Waals surface area contributed by atoms with Crippen molar-refractivity contribution in [1.82, 2.24) is 4.31 Å². The van der Waals surface area contributed by atoms with Crippen molar-refractivity contribution in [2.75, 3.05) is 23.1 Å². The minimum absolute atomic E-state index is 0.0670. The lowest BCUT2D eigenvalue weighted by Crippen LogP contribution is -2.41. The normalized spacial score (nSPS) is 15.3. The highest BCUT2D eigenvalue weighted by atomic mass is 79.9. The van der Waals surface area contributed by atoms with Crippen LogP contribution >= 0.6 is 31.9 Å². The molecule has 3 aromatic rings. The zero-order valence-electron chi connectivity index (χ0n) is 19.6. The summed E-state index contributed by atoms with van der Waals surface area (Å²) in [5.74, 6) is -0.637. The van der Waals surface area contributed by atoms with Gasteiger partial charge in [0.15, 0.2) is 0 Å². The maximum atomic E-state index is 12.8. The second-order valence-electron chi connectivity index (χ2n) is 8.69. The first-order valence-electron chi connectivity index (χ1n) is 11.4. The van der Waals surface area contributed by atoms with E-state index in [4.69, 9.17) is 0 Å². The highest BCUT2D eigenvalue weighted by Gasteiger charge is 2.31. The number of carbonyl (C=O) groups excluding carboxylic acids is 1. The SMILES string of the molecule is O=C(Nc1ccc(S(=O)(=O)Nc2ccc(Br)cc2)cc1)C1CCN(S(=O)(=O)Cc2cccc(Br)c2)CC1.